The fourth-order valence-electron chi connectivity index (χ4n) is 2.12. The third kappa shape index (κ3) is 7.26. The van der Waals surface area contributed by atoms with E-state index in [4.69, 9.17) is 4.74 Å². The highest BCUT2D eigenvalue weighted by Crippen LogP contribution is 2.04. The molecule has 0 radical (unpaired) electrons. The normalized spacial score (nSPS) is 12.8. The Hall–Kier alpha value is -2.37. The van der Waals surface area contributed by atoms with Crippen molar-refractivity contribution in [2.24, 2.45) is 0 Å². The largest absolute Gasteiger partial charge is 0.464 e. The van der Waals surface area contributed by atoms with Gasteiger partial charge in [0.1, 0.15) is 12.1 Å². The van der Waals surface area contributed by atoms with Crippen molar-refractivity contribution >= 4 is 17.8 Å². The van der Waals surface area contributed by atoms with Crippen molar-refractivity contribution in [2.45, 2.75) is 52.1 Å². The van der Waals surface area contributed by atoms with Crippen LogP contribution in [-0.2, 0) is 25.5 Å². The minimum Gasteiger partial charge on any atom is -0.464 e. The van der Waals surface area contributed by atoms with Crippen LogP contribution in [0.15, 0.2) is 30.3 Å². The Labute approximate surface area is 143 Å². The lowest BCUT2D eigenvalue weighted by molar-refractivity contribution is -0.147. The molecular formula is C18H26N2O4. The highest BCUT2D eigenvalue weighted by atomic mass is 16.5. The van der Waals surface area contributed by atoms with Gasteiger partial charge in [-0.3, -0.25) is 9.59 Å². The monoisotopic (exact) mass is 334 g/mol. The lowest BCUT2D eigenvalue weighted by Crippen LogP contribution is -2.51. The van der Waals surface area contributed by atoms with Gasteiger partial charge in [-0.05, 0) is 18.9 Å². The van der Waals surface area contributed by atoms with Crippen LogP contribution in [0.5, 0.6) is 0 Å². The van der Waals surface area contributed by atoms with Crippen LogP contribution in [0.4, 0.5) is 0 Å². The van der Waals surface area contributed by atoms with Crippen LogP contribution in [0.25, 0.3) is 0 Å². The van der Waals surface area contributed by atoms with Crippen LogP contribution in [0, 0.1) is 0 Å². The molecule has 2 N–H and O–H groups in total. The van der Waals surface area contributed by atoms with Gasteiger partial charge in [0.15, 0.2) is 0 Å². The van der Waals surface area contributed by atoms with E-state index in [1.807, 2.05) is 37.3 Å². The molecule has 2 amide bonds. The molecular weight excluding hydrogens is 308 g/mol. The summed E-state index contributed by atoms with van der Waals surface area (Å²) >= 11 is 0. The number of nitrogens with one attached hydrogen (secondary N) is 2. The maximum Gasteiger partial charge on any atom is 0.328 e. The fourth-order valence-corrected chi connectivity index (χ4v) is 2.12. The van der Waals surface area contributed by atoms with Crippen LogP contribution in [0.2, 0.25) is 0 Å². The van der Waals surface area contributed by atoms with E-state index in [0.717, 1.165) is 18.4 Å². The summed E-state index contributed by atoms with van der Waals surface area (Å²) in [6, 6.07) is 7.87. The lowest BCUT2D eigenvalue weighted by atomic mass is 10.0. The van der Waals surface area contributed by atoms with Crippen molar-refractivity contribution in [3.63, 3.8) is 0 Å². The molecule has 1 rings (SSSR count). The topological polar surface area (TPSA) is 84.5 Å². The van der Waals surface area contributed by atoms with Gasteiger partial charge in [-0.1, -0.05) is 43.7 Å². The number of unbranched alkanes of at least 4 members (excludes halogenated alkanes) is 1. The van der Waals surface area contributed by atoms with E-state index in [9.17, 15) is 14.4 Å². The highest BCUT2D eigenvalue weighted by molar-refractivity contribution is 5.90. The molecule has 1 aromatic rings. The number of hydrogen-bond donors (Lipinski definition) is 2. The van der Waals surface area contributed by atoms with E-state index >= 15 is 0 Å². The van der Waals surface area contributed by atoms with Gasteiger partial charge < -0.3 is 15.4 Å². The standard InChI is InChI=1S/C18H26N2O4/c1-4-5-11-24-18(23)13(2)19-17(22)16(20-14(3)21)12-15-9-7-6-8-10-15/h6-10,13,16H,4-5,11-12H2,1-3H3,(H,19,22)(H,20,21). The number of benzene rings is 1. The smallest absolute Gasteiger partial charge is 0.328 e. The molecule has 0 spiro atoms. The van der Waals surface area contributed by atoms with Gasteiger partial charge >= 0.3 is 5.97 Å². The van der Waals surface area contributed by atoms with E-state index in [2.05, 4.69) is 10.6 Å². The first-order chi connectivity index (χ1) is 11.4. The average Bonchev–Trinajstić information content (AvgIpc) is 2.54. The first kappa shape index (κ1) is 19.7. The summed E-state index contributed by atoms with van der Waals surface area (Å²) in [7, 11) is 0. The number of hydrogen-bond acceptors (Lipinski definition) is 4. The highest BCUT2D eigenvalue weighted by Gasteiger charge is 2.24. The molecule has 0 saturated heterocycles. The van der Waals surface area contributed by atoms with Crippen LogP contribution >= 0.6 is 0 Å². The van der Waals surface area contributed by atoms with E-state index < -0.39 is 24.0 Å². The number of rotatable bonds is 9. The van der Waals surface area contributed by atoms with Crippen molar-refractivity contribution in [1.29, 1.82) is 0 Å². The van der Waals surface area contributed by atoms with Crippen molar-refractivity contribution < 1.29 is 19.1 Å². The Morgan fingerprint density at radius 2 is 1.79 bits per heavy atom. The second-order valence-corrected chi connectivity index (χ2v) is 5.69. The van der Waals surface area contributed by atoms with Crippen molar-refractivity contribution in [3.8, 4) is 0 Å². The Balaban J connectivity index is 2.63. The first-order valence-corrected chi connectivity index (χ1v) is 8.22. The molecule has 0 aromatic heterocycles. The average molecular weight is 334 g/mol. The van der Waals surface area contributed by atoms with Crippen molar-refractivity contribution in [3.05, 3.63) is 35.9 Å². The van der Waals surface area contributed by atoms with Crippen molar-refractivity contribution in [2.75, 3.05) is 6.61 Å². The molecule has 24 heavy (non-hydrogen) atoms. The number of carbonyl (C=O) groups excluding carboxylic acids is 3. The Morgan fingerprint density at radius 1 is 1.12 bits per heavy atom. The third-order valence-corrected chi connectivity index (χ3v) is 3.43. The summed E-state index contributed by atoms with van der Waals surface area (Å²) in [5.74, 6) is -1.18. The van der Waals surface area contributed by atoms with Gasteiger partial charge in [-0.2, -0.15) is 0 Å². The van der Waals surface area contributed by atoms with Crippen molar-refractivity contribution in [1.82, 2.24) is 10.6 Å². The molecule has 2 atom stereocenters. The van der Waals surface area contributed by atoms with E-state index in [1.54, 1.807) is 6.92 Å². The molecule has 1 aromatic carbocycles. The zero-order valence-electron chi connectivity index (χ0n) is 14.5. The zero-order chi connectivity index (χ0) is 17.9. The minimum atomic E-state index is -0.763. The molecule has 0 fully saturated rings. The minimum absolute atomic E-state index is 0.302. The predicted octanol–water partition coefficient (Wildman–Crippen LogP) is 1.58. The van der Waals surface area contributed by atoms with Crippen LogP contribution in [0.3, 0.4) is 0 Å². The van der Waals surface area contributed by atoms with Gasteiger partial charge in [0.25, 0.3) is 0 Å². The number of ether oxygens (including phenoxy) is 1. The molecule has 6 heteroatoms. The van der Waals surface area contributed by atoms with Crippen LogP contribution in [-0.4, -0.2) is 36.5 Å². The molecule has 2 unspecified atom stereocenters. The molecule has 0 bridgehead atoms. The Bertz CT molecular complexity index is 545. The summed E-state index contributed by atoms with van der Waals surface area (Å²) in [5.41, 5.74) is 0.921. The quantitative estimate of drug-likeness (QED) is 0.530. The number of carbonyl (C=O) groups is 3. The summed E-state index contributed by atoms with van der Waals surface area (Å²) in [6.45, 7) is 5.27. The maximum absolute atomic E-state index is 12.4. The molecule has 6 nitrogen and oxygen atoms in total. The van der Waals surface area contributed by atoms with Crippen LogP contribution in [0.1, 0.15) is 39.2 Å². The zero-order valence-corrected chi connectivity index (χ0v) is 14.5. The fraction of sp³-hybridized carbons (Fsp3) is 0.500. The first-order valence-electron chi connectivity index (χ1n) is 8.22. The van der Waals surface area contributed by atoms with Gasteiger partial charge in [-0.15, -0.1) is 0 Å². The van der Waals surface area contributed by atoms with Gasteiger partial charge in [0, 0.05) is 13.3 Å². The summed E-state index contributed by atoms with van der Waals surface area (Å²) < 4.78 is 5.08. The number of esters is 1. The lowest BCUT2D eigenvalue weighted by Gasteiger charge is -2.20. The van der Waals surface area contributed by atoms with Gasteiger partial charge in [-0.25, -0.2) is 4.79 Å². The molecule has 0 heterocycles. The molecule has 0 aliphatic rings. The van der Waals surface area contributed by atoms with Gasteiger partial charge in [0.2, 0.25) is 11.8 Å². The predicted molar refractivity (Wildman–Crippen MR) is 91.2 cm³/mol. The second-order valence-electron chi connectivity index (χ2n) is 5.69. The SMILES string of the molecule is CCCCOC(=O)C(C)NC(=O)C(Cc1ccccc1)NC(C)=O. The second kappa shape index (κ2) is 10.4. The van der Waals surface area contributed by atoms with E-state index in [-0.39, 0.29) is 5.91 Å². The third-order valence-electron chi connectivity index (χ3n) is 3.43. The summed E-state index contributed by atoms with van der Waals surface area (Å²) in [5, 5.41) is 5.23. The Morgan fingerprint density at radius 3 is 2.38 bits per heavy atom. The Kier molecular flexibility index (Phi) is 8.54. The van der Waals surface area contributed by atoms with E-state index in [0.29, 0.717) is 13.0 Å². The molecule has 0 aliphatic carbocycles. The molecule has 0 saturated carbocycles. The maximum atomic E-state index is 12.4. The summed E-state index contributed by atoms with van der Waals surface area (Å²) in [6.07, 6.45) is 2.06. The number of amides is 2. The summed E-state index contributed by atoms with van der Waals surface area (Å²) in [4.78, 5) is 35.6. The molecule has 0 aliphatic heterocycles. The van der Waals surface area contributed by atoms with E-state index in [1.165, 1.54) is 6.92 Å². The van der Waals surface area contributed by atoms with Gasteiger partial charge in [0.05, 0.1) is 6.61 Å². The van der Waals surface area contributed by atoms with Crippen LogP contribution < -0.4 is 10.6 Å². The molecule has 132 valence electrons.